The van der Waals surface area contributed by atoms with E-state index in [2.05, 4.69) is 60.6 Å². The fourth-order valence-electron chi connectivity index (χ4n) is 3.72. The van der Waals surface area contributed by atoms with Crippen LogP contribution in [0.4, 0.5) is 5.69 Å². The zero-order valence-electron chi connectivity index (χ0n) is 17.2. The highest BCUT2D eigenvalue weighted by molar-refractivity contribution is 7.99. The standard InChI is InChI=1S/C21H33N3OS.2ClH/c1-21(2,3)16-4-6-19(7-5-16)24-11-8-17(9-12-24)23-20(25)14-18-15-26-13-10-22-18;;/h4-7,17-18,22H,8-15H2,1-3H3,(H,23,25);2*1H. The number of rotatable bonds is 4. The minimum atomic E-state index is 0. The number of amides is 1. The SMILES string of the molecule is CC(C)(C)c1ccc(N2CCC(NC(=O)CC3CSCCN3)CC2)cc1.Cl.Cl. The number of carbonyl (C=O) groups is 1. The predicted octanol–water partition coefficient (Wildman–Crippen LogP) is 4.01. The molecule has 3 rings (SSSR count). The summed E-state index contributed by atoms with van der Waals surface area (Å²) >= 11 is 1.94. The fraction of sp³-hybridized carbons (Fsp3) is 0.667. The molecule has 2 heterocycles. The molecule has 0 radical (unpaired) electrons. The average Bonchev–Trinajstić information content (AvgIpc) is 2.62. The summed E-state index contributed by atoms with van der Waals surface area (Å²) in [6.07, 6.45) is 2.67. The molecule has 1 aromatic rings. The number of nitrogens with one attached hydrogen (secondary N) is 2. The van der Waals surface area contributed by atoms with Crippen LogP contribution in [0.2, 0.25) is 0 Å². The van der Waals surface area contributed by atoms with Gasteiger partial charge in [-0.15, -0.1) is 24.8 Å². The molecule has 2 fully saturated rings. The summed E-state index contributed by atoms with van der Waals surface area (Å²) in [7, 11) is 0. The van der Waals surface area contributed by atoms with Crippen LogP contribution < -0.4 is 15.5 Å². The van der Waals surface area contributed by atoms with Gasteiger partial charge in [0.1, 0.15) is 0 Å². The molecule has 2 aliphatic heterocycles. The Morgan fingerprint density at radius 3 is 2.36 bits per heavy atom. The van der Waals surface area contributed by atoms with E-state index >= 15 is 0 Å². The molecule has 7 heteroatoms. The number of carbonyl (C=O) groups excluding carboxylic acids is 1. The topological polar surface area (TPSA) is 44.4 Å². The number of anilines is 1. The molecule has 0 spiro atoms. The van der Waals surface area contributed by atoms with Crippen molar-refractivity contribution in [2.75, 3.05) is 36.0 Å². The largest absolute Gasteiger partial charge is 0.371 e. The first kappa shape index (κ1) is 25.4. The van der Waals surface area contributed by atoms with E-state index in [1.165, 1.54) is 11.3 Å². The Labute approximate surface area is 186 Å². The van der Waals surface area contributed by atoms with Crippen LogP contribution in [0.1, 0.15) is 45.6 Å². The van der Waals surface area contributed by atoms with Crippen LogP contribution in [0.25, 0.3) is 0 Å². The lowest BCUT2D eigenvalue weighted by Crippen LogP contribution is -2.47. The fourth-order valence-corrected chi connectivity index (χ4v) is 4.66. The summed E-state index contributed by atoms with van der Waals surface area (Å²) < 4.78 is 0. The highest BCUT2D eigenvalue weighted by Crippen LogP contribution is 2.26. The highest BCUT2D eigenvalue weighted by Gasteiger charge is 2.23. The number of nitrogens with zero attached hydrogens (tertiary/aromatic N) is 1. The Balaban J connectivity index is 0.00000196. The molecular formula is C21H35Cl2N3OS. The van der Waals surface area contributed by atoms with Crippen LogP contribution in [-0.2, 0) is 10.2 Å². The van der Waals surface area contributed by atoms with E-state index in [9.17, 15) is 4.79 Å². The molecule has 160 valence electrons. The van der Waals surface area contributed by atoms with E-state index in [1.807, 2.05) is 11.8 Å². The Morgan fingerprint density at radius 1 is 1.18 bits per heavy atom. The summed E-state index contributed by atoms with van der Waals surface area (Å²) in [5.41, 5.74) is 2.87. The van der Waals surface area contributed by atoms with Crippen molar-refractivity contribution in [3.05, 3.63) is 29.8 Å². The summed E-state index contributed by atoms with van der Waals surface area (Å²) in [4.78, 5) is 14.7. The van der Waals surface area contributed by atoms with Crippen molar-refractivity contribution in [3.8, 4) is 0 Å². The van der Waals surface area contributed by atoms with E-state index in [1.54, 1.807) is 0 Å². The van der Waals surface area contributed by atoms with Crippen molar-refractivity contribution >= 4 is 48.2 Å². The van der Waals surface area contributed by atoms with Crippen LogP contribution >= 0.6 is 36.6 Å². The molecule has 4 nitrogen and oxygen atoms in total. The van der Waals surface area contributed by atoms with E-state index < -0.39 is 0 Å². The first-order chi connectivity index (χ1) is 12.4. The second-order valence-corrected chi connectivity index (χ2v) is 9.71. The Morgan fingerprint density at radius 2 is 1.82 bits per heavy atom. The zero-order valence-corrected chi connectivity index (χ0v) is 19.7. The van der Waals surface area contributed by atoms with Gasteiger partial charge in [-0.25, -0.2) is 0 Å². The number of hydrogen-bond acceptors (Lipinski definition) is 4. The van der Waals surface area contributed by atoms with Gasteiger partial charge in [0.15, 0.2) is 0 Å². The van der Waals surface area contributed by atoms with E-state index in [-0.39, 0.29) is 36.1 Å². The second-order valence-electron chi connectivity index (χ2n) is 8.56. The predicted molar refractivity (Wildman–Crippen MR) is 127 cm³/mol. The third-order valence-corrected chi connectivity index (χ3v) is 6.52. The molecule has 1 aromatic carbocycles. The maximum Gasteiger partial charge on any atom is 0.221 e. The van der Waals surface area contributed by atoms with Crippen LogP contribution in [0.5, 0.6) is 0 Å². The molecular weight excluding hydrogens is 413 g/mol. The smallest absolute Gasteiger partial charge is 0.221 e. The minimum absolute atomic E-state index is 0. The third kappa shape index (κ3) is 7.33. The van der Waals surface area contributed by atoms with Gasteiger partial charge < -0.3 is 15.5 Å². The van der Waals surface area contributed by atoms with Gasteiger partial charge in [0, 0.05) is 55.3 Å². The summed E-state index contributed by atoms with van der Waals surface area (Å²) in [6.45, 7) is 9.79. The van der Waals surface area contributed by atoms with Crippen molar-refractivity contribution in [1.29, 1.82) is 0 Å². The molecule has 2 N–H and O–H groups in total. The van der Waals surface area contributed by atoms with Gasteiger partial charge in [0.05, 0.1) is 0 Å². The molecule has 2 saturated heterocycles. The monoisotopic (exact) mass is 447 g/mol. The van der Waals surface area contributed by atoms with Crippen molar-refractivity contribution in [2.45, 2.75) is 57.5 Å². The summed E-state index contributed by atoms with van der Waals surface area (Å²) in [6, 6.07) is 9.65. The van der Waals surface area contributed by atoms with Gasteiger partial charge in [0.2, 0.25) is 5.91 Å². The Kier molecular flexibility index (Phi) is 10.5. The lowest BCUT2D eigenvalue weighted by atomic mass is 9.87. The van der Waals surface area contributed by atoms with Crippen LogP contribution in [-0.4, -0.2) is 49.1 Å². The van der Waals surface area contributed by atoms with Crippen molar-refractivity contribution in [2.24, 2.45) is 0 Å². The van der Waals surface area contributed by atoms with Crippen molar-refractivity contribution < 1.29 is 4.79 Å². The number of thioether (sulfide) groups is 1. The van der Waals surface area contributed by atoms with Crippen LogP contribution in [0, 0.1) is 0 Å². The molecule has 0 saturated carbocycles. The molecule has 0 aliphatic carbocycles. The molecule has 1 unspecified atom stereocenters. The van der Waals surface area contributed by atoms with E-state index in [0.717, 1.165) is 44.0 Å². The Hall–Kier alpha value is -0.620. The Bertz CT molecular complexity index is 593. The van der Waals surface area contributed by atoms with Gasteiger partial charge in [0.25, 0.3) is 0 Å². The molecule has 1 atom stereocenters. The van der Waals surface area contributed by atoms with Gasteiger partial charge in [-0.05, 0) is 36.0 Å². The maximum atomic E-state index is 12.3. The number of halogens is 2. The van der Waals surface area contributed by atoms with Crippen LogP contribution in [0.15, 0.2) is 24.3 Å². The van der Waals surface area contributed by atoms with Crippen LogP contribution in [0.3, 0.4) is 0 Å². The molecule has 2 aliphatic rings. The summed E-state index contributed by atoms with van der Waals surface area (Å²) in [5.74, 6) is 2.42. The first-order valence-corrected chi connectivity index (χ1v) is 11.0. The lowest BCUT2D eigenvalue weighted by Gasteiger charge is -2.34. The number of benzene rings is 1. The number of piperidine rings is 1. The van der Waals surface area contributed by atoms with E-state index in [0.29, 0.717) is 18.5 Å². The highest BCUT2D eigenvalue weighted by atomic mass is 35.5. The molecule has 1 amide bonds. The van der Waals surface area contributed by atoms with E-state index in [4.69, 9.17) is 0 Å². The second kappa shape index (κ2) is 11.5. The van der Waals surface area contributed by atoms with Gasteiger partial charge in [-0.1, -0.05) is 32.9 Å². The van der Waals surface area contributed by atoms with Gasteiger partial charge in [-0.3, -0.25) is 4.79 Å². The van der Waals surface area contributed by atoms with Crippen molar-refractivity contribution in [3.63, 3.8) is 0 Å². The number of hydrogen-bond donors (Lipinski definition) is 2. The minimum Gasteiger partial charge on any atom is -0.371 e. The molecule has 0 bridgehead atoms. The summed E-state index contributed by atoms with van der Waals surface area (Å²) in [5, 5.41) is 6.69. The molecule has 0 aromatic heterocycles. The van der Waals surface area contributed by atoms with Gasteiger partial charge >= 0.3 is 0 Å². The maximum absolute atomic E-state index is 12.3. The quantitative estimate of drug-likeness (QED) is 0.731. The van der Waals surface area contributed by atoms with Gasteiger partial charge in [-0.2, -0.15) is 11.8 Å². The van der Waals surface area contributed by atoms with Crippen molar-refractivity contribution in [1.82, 2.24) is 10.6 Å². The average molecular weight is 449 g/mol. The normalized spacial score (nSPS) is 20.7. The first-order valence-electron chi connectivity index (χ1n) is 9.88. The molecule has 28 heavy (non-hydrogen) atoms. The third-order valence-electron chi connectivity index (χ3n) is 5.39. The zero-order chi connectivity index (χ0) is 18.6. The lowest BCUT2D eigenvalue weighted by molar-refractivity contribution is -0.122.